The molecule has 2 N–H and O–H groups in total. The fraction of sp³-hybridized carbons (Fsp3) is 1.00. The predicted octanol–water partition coefficient (Wildman–Crippen LogP) is -0.180. The van der Waals surface area contributed by atoms with E-state index >= 15 is 0 Å². The average Bonchev–Trinajstić information content (AvgIpc) is 2.63. The number of aliphatic hydroxyl groups excluding tert-OH is 1. The van der Waals surface area contributed by atoms with Crippen LogP contribution in [0.2, 0.25) is 0 Å². The lowest BCUT2D eigenvalue weighted by Gasteiger charge is -2.31. The minimum atomic E-state index is -0.292. The van der Waals surface area contributed by atoms with Gasteiger partial charge in [-0.05, 0) is 32.9 Å². The van der Waals surface area contributed by atoms with Gasteiger partial charge in [0.25, 0.3) is 0 Å². The summed E-state index contributed by atoms with van der Waals surface area (Å²) in [4.78, 5) is 2.39. The van der Waals surface area contributed by atoms with Crippen molar-refractivity contribution in [3.05, 3.63) is 0 Å². The molecule has 0 saturated carbocycles. The van der Waals surface area contributed by atoms with Gasteiger partial charge in [-0.1, -0.05) is 0 Å². The molecule has 88 valence electrons. The highest BCUT2D eigenvalue weighted by molar-refractivity contribution is 4.90. The molecule has 0 aliphatic carbocycles. The van der Waals surface area contributed by atoms with E-state index < -0.39 is 0 Å². The van der Waals surface area contributed by atoms with Crippen molar-refractivity contribution in [3.63, 3.8) is 0 Å². The molecule has 0 aromatic heterocycles. The highest BCUT2D eigenvalue weighted by Crippen LogP contribution is 2.20. The van der Waals surface area contributed by atoms with Gasteiger partial charge in [0.1, 0.15) is 0 Å². The molecular formula is C11H22N2O2. The van der Waals surface area contributed by atoms with Crippen LogP contribution in [0.3, 0.4) is 0 Å². The van der Waals surface area contributed by atoms with Crippen LogP contribution in [0, 0.1) is 0 Å². The van der Waals surface area contributed by atoms with E-state index in [1.54, 1.807) is 0 Å². The van der Waals surface area contributed by atoms with Crippen LogP contribution in [0.1, 0.15) is 19.8 Å². The number of piperidine rings is 1. The molecule has 0 aromatic carbocycles. The maximum Gasteiger partial charge on any atom is 0.0972 e. The molecule has 0 amide bonds. The quantitative estimate of drug-likeness (QED) is 0.684. The largest absolute Gasteiger partial charge is 0.389 e. The topological polar surface area (TPSA) is 44.7 Å². The minimum absolute atomic E-state index is 0.0323. The molecule has 2 unspecified atom stereocenters. The van der Waals surface area contributed by atoms with Crippen LogP contribution >= 0.6 is 0 Å². The second kappa shape index (κ2) is 5.25. The Morgan fingerprint density at radius 1 is 1.33 bits per heavy atom. The van der Waals surface area contributed by atoms with Gasteiger partial charge >= 0.3 is 0 Å². The summed E-state index contributed by atoms with van der Waals surface area (Å²) < 4.78 is 5.53. The van der Waals surface area contributed by atoms with Gasteiger partial charge in [0.2, 0.25) is 0 Å². The van der Waals surface area contributed by atoms with Crippen molar-refractivity contribution in [1.82, 2.24) is 10.2 Å². The van der Waals surface area contributed by atoms with Gasteiger partial charge in [0, 0.05) is 25.7 Å². The summed E-state index contributed by atoms with van der Waals surface area (Å²) in [5.41, 5.74) is 0. The van der Waals surface area contributed by atoms with E-state index in [1.807, 2.05) is 6.92 Å². The van der Waals surface area contributed by atoms with Gasteiger partial charge < -0.3 is 15.2 Å². The van der Waals surface area contributed by atoms with Crippen molar-refractivity contribution in [3.8, 4) is 0 Å². The molecule has 0 aromatic rings. The Morgan fingerprint density at radius 2 is 2.07 bits per heavy atom. The molecular weight excluding hydrogens is 192 g/mol. The molecule has 0 radical (unpaired) electrons. The van der Waals surface area contributed by atoms with Crippen molar-refractivity contribution in [2.24, 2.45) is 0 Å². The van der Waals surface area contributed by atoms with Gasteiger partial charge in [-0.15, -0.1) is 0 Å². The summed E-state index contributed by atoms with van der Waals surface area (Å²) >= 11 is 0. The van der Waals surface area contributed by atoms with E-state index in [1.165, 1.54) is 12.8 Å². The molecule has 0 spiro atoms. The third-order valence-corrected chi connectivity index (χ3v) is 3.47. The van der Waals surface area contributed by atoms with Crippen molar-refractivity contribution in [2.75, 3.05) is 32.8 Å². The number of aliphatic hydroxyl groups is 1. The molecule has 2 atom stereocenters. The first-order chi connectivity index (χ1) is 7.31. The van der Waals surface area contributed by atoms with Crippen LogP contribution < -0.4 is 5.32 Å². The van der Waals surface area contributed by atoms with E-state index in [2.05, 4.69) is 10.2 Å². The number of likely N-dealkylation sites (tertiary alicyclic amines) is 1. The van der Waals surface area contributed by atoms with Crippen LogP contribution in [0.5, 0.6) is 0 Å². The van der Waals surface area contributed by atoms with E-state index in [0.717, 1.165) is 26.2 Å². The predicted molar refractivity (Wildman–Crippen MR) is 58.9 cm³/mol. The van der Waals surface area contributed by atoms with Crippen molar-refractivity contribution in [1.29, 1.82) is 0 Å². The smallest absolute Gasteiger partial charge is 0.0972 e. The van der Waals surface area contributed by atoms with Crippen LogP contribution in [0.25, 0.3) is 0 Å². The zero-order valence-corrected chi connectivity index (χ0v) is 9.48. The number of nitrogens with zero attached hydrogens (tertiary/aromatic N) is 1. The third-order valence-electron chi connectivity index (χ3n) is 3.47. The number of rotatable bonds is 3. The monoisotopic (exact) mass is 214 g/mol. The summed E-state index contributed by atoms with van der Waals surface area (Å²) in [5.74, 6) is 0. The average molecular weight is 214 g/mol. The maximum atomic E-state index is 9.84. The standard InChI is InChI=1S/C11H22N2O2/c1-2-15-11-8-13(7-10(11)14)9-3-5-12-6-4-9/h9-12,14H,2-8H2,1H3. The number of ether oxygens (including phenoxy) is 1. The molecule has 4 nitrogen and oxygen atoms in total. The summed E-state index contributed by atoms with van der Waals surface area (Å²) in [6, 6.07) is 0.645. The van der Waals surface area contributed by atoms with Crippen molar-refractivity contribution < 1.29 is 9.84 Å². The first-order valence-corrected chi connectivity index (χ1v) is 6.05. The SMILES string of the molecule is CCOC1CN(C2CCNCC2)CC1O. The van der Waals surface area contributed by atoms with E-state index in [9.17, 15) is 5.11 Å². The van der Waals surface area contributed by atoms with E-state index in [-0.39, 0.29) is 12.2 Å². The Kier molecular flexibility index (Phi) is 3.97. The summed E-state index contributed by atoms with van der Waals surface area (Å²) in [6.07, 6.45) is 2.14. The van der Waals surface area contributed by atoms with Crippen LogP contribution in [0.4, 0.5) is 0 Å². The Hall–Kier alpha value is -0.160. The number of nitrogens with one attached hydrogen (secondary N) is 1. The number of hydrogen-bond donors (Lipinski definition) is 2. The van der Waals surface area contributed by atoms with Crippen molar-refractivity contribution >= 4 is 0 Å². The zero-order valence-electron chi connectivity index (χ0n) is 9.48. The van der Waals surface area contributed by atoms with Gasteiger partial charge in [-0.3, -0.25) is 4.90 Å². The van der Waals surface area contributed by atoms with Gasteiger partial charge in [0.05, 0.1) is 12.2 Å². The number of β-amino-alcohol motifs (C(OH)–C–C–N with tert-alkyl or cyclic N) is 1. The molecule has 2 fully saturated rings. The normalized spacial score (nSPS) is 34.8. The zero-order chi connectivity index (χ0) is 10.7. The maximum absolute atomic E-state index is 9.84. The lowest BCUT2D eigenvalue weighted by molar-refractivity contribution is -0.00268. The highest BCUT2D eigenvalue weighted by Gasteiger charge is 2.35. The lowest BCUT2D eigenvalue weighted by Crippen LogP contribution is -2.42. The Bertz CT molecular complexity index is 195. The summed E-state index contributed by atoms with van der Waals surface area (Å²) in [6.45, 7) is 6.59. The van der Waals surface area contributed by atoms with E-state index in [0.29, 0.717) is 12.6 Å². The second-order valence-corrected chi connectivity index (χ2v) is 4.50. The van der Waals surface area contributed by atoms with Crippen LogP contribution in [0.15, 0.2) is 0 Å². The van der Waals surface area contributed by atoms with Crippen LogP contribution in [-0.2, 0) is 4.74 Å². The van der Waals surface area contributed by atoms with Gasteiger partial charge in [-0.2, -0.15) is 0 Å². The lowest BCUT2D eigenvalue weighted by atomic mass is 10.1. The van der Waals surface area contributed by atoms with E-state index in [4.69, 9.17) is 4.74 Å². The molecule has 2 aliphatic rings. The fourth-order valence-corrected chi connectivity index (χ4v) is 2.63. The Balaban J connectivity index is 1.84. The van der Waals surface area contributed by atoms with Crippen LogP contribution in [-0.4, -0.2) is 61.0 Å². The summed E-state index contributed by atoms with van der Waals surface area (Å²) in [7, 11) is 0. The summed E-state index contributed by atoms with van der Waals surface area (Å²) in [5, 5.41) is 13.2. The molecule has 2 saturated heterocycles. The first-order valence-electron chi connectivity index (χ1n) is 6.05. The Morgan fingerprint density at radius 3 is 2.73 bits per heavy atom. The fourth-order valence-electron chi connectivity index (χ4n) is 2.63. The molecule has 2 heterocycles. The third kappa shape index (κ3) is 2.69. The van der Waals surface area contributed by atoms with Crippen molar-refractivity contribution in [2.45, 2.75) is 38.0 Å². The van der Waals surface area contributed by atoms with Gasteiger partial charge in [-0.25, -0.2) is 0 Å². The van der Waals surface area contributed by atoms with Gasteiger partial charge in [0.15, 0.2) is 0 Å². The highest BCUT2D eigenvalue weighted by atomic mass is 16.5. The molecule has 2 aliphatic heterocycles. The number of hydrogen-bond acceptors (Lipinski definition) is 4. The minimum Gasteiger partial charge on any atom is -0.389 e. The first kappa shape index (κ1) is 11.3. The second-order valence-electron chi connectivity index (χ2n) is 4.50. The Labute approximate surface area is 91.6 Å². The molecule has 2 rings (SSSR count). The molecule has 0 bridgehead atoms. The molecule has 15 heavy (non-hydrogen) atoms. The molecule has 4 heteroatoms.